The Balaban J connectivity index is 2.14. The fourth-order valence-electron chi connectivity index (χ4n) is 3.50. The molecular formula is C19H29N3O3. The Morgan fingerprint density at radius 1 is 1.24 bits per heavy atom. The Morgan fingerprint density at radius 2 is 1.88 bits per heavy atom. The smallest absolute Gasteiger partial charge is 0.234 e. The molecule has 0 unspecified atom stereocenters. The summed E-state index contributed by atoms with van der Waals surface area (Å²) in [6.45, 7) is 7.32. The third-order valence-corrected chi connectivity index (χ3v) is 4.56. The van der Waals surface area contributed by atoms with Crippen molar-refractivity contribution in [2.24, 2.45) is 0 Å². The van der Waals surface area contributed by atoms with Gasteiger partial charge in [0.15, 0.2) is 0 Å². The molecule has 0 atom stereocenters. The van der Waals surface area contributed by atoms with Crippen LogP contribution in [0.15, 0.2) is 24.3 Å². The molecule has 6 heteroatoms. The Kier molecular flexibility index (Phi) is 6.42. The lowest BCUT2D eigenvalue weighted by Crippen LogP contribution is -2.54. The van der Waals surface area contributed by atoms with Gasteiger partial charge in [-0.05, 0) is 32.8 Å². The van der Waals surface area contributed by atoms with Crippen LogP contribution in [0.1, 0.15) is 39.2 Å². The molecule has 0 aliphatic carbocycles. The van der Waals surface area contributed by atoms with Crippen LogP contribution in [0.2, 0.25) is 0 Å². The van der Waals surface area contributed by atoms with Gasteiger partial charge in [-0.1, -0.05) is 18.2 Å². The second kappa shape index (κ2) is 8.34. The lowest BCUT2D eigenvalue weighted by Gasteiger charge is -2.43. The molecule has 0 radical (unpaired) electrons. The molecule has 1 aromatic rings. The van der Waals surface area contributed by atoms with Crippen LogP contribution in [0.25, 0.3) is 0 Å². The molecule has 1 aromatic carbocycles. The van der Waals surface area contributed by atoms with E-state index in [1.165, 1.54) is 0 Å². The van der Waals surface area contributed by atoms with Crippen molar-refractivity contribution < 1.29 is 14.3 Å². The zero-order valence-corrected chi connectivity index (χ0v) is 15.6. The number of nitrogens with zero attached hydrogens (tertiary/aromatic N) is 1. The van der Waals surface area contributed by atoms with Crippen LogP contribution in [-0.4, -0.2) is 49.5 Å². The van der Waals surface area contributed by atoms with E-state index in [-0.39, 0.29) is 17.9 Å². The van der Waals surface area contributed by atoms with Crippen LogP contribution >= 0.6 is 0 Å². The fourth-order valence-corrected chi connectivity index (χ4v) is 3.50. The lowest BCUT2D eigenvalue weighted by atomic mass is 9.80. The van der Waals surface area contributed by atoms with E-state index in [0.717, 1.165) is 37.2 Å². The number of hydrogen-bond acceptors (Lipinski definition) is 4. The number of carbonyl (C=O) groups is 2. The summed E-state index contributed by atoms with van der Waals surface area (Å²) in [5.74, 6) is 0.762. The Morgan fingerprint density at radius 3 is 2.44 bits per heavy atom. The zero-order valence-electron chi connectivity index (χ0n) is 15.6. The number of carbonyl (C=O) groups excluding carboxylic acids is 2. The van der Waals surface area contributed by atoms with E-state index >= 15 is 0 Å². The van der Waals surface area contributed by atoms with Crippen LogP contribution in [0.3, 0.4) is 0 Å². The van der Waals surface area contributed by atoms with Gasteiger partial charge in [-0.25, -0.2) is 0 Å². The average Bonchev–Trinajstić information content (AvgIpc) is 2.55. The molecule has 1 aliphatic heterocycles. The highest BCUT2D eigenvalue weighted by molar-refractivity contribution is 5.78. The van der Waals surface area contributed by atoms with Gasteiger partial charge in [0.1, 0.15) is 5.75 Å². The Hall–Kier alpha value is -2.08. The van der Waals surface area contributed by atoms with Gasteiger partial charge in [0.2, 0.25) is 11.8 Å². The summed E-state index contributed by atoms with van der Waals surface area (Å²) >= 11 is 0. The molecule has 1 saturated heterocycles. The zero-order chi connectivity index (χ0) is 18.4. The van der Waals surface area contributed by atoms with Crippen molar-refractivity contribution in [1.29, 1.82) is 0 Å². The van der Waals surface area contributed by atoms with E-state index in [0.29, 0.717) is 6.54 Å². The first kappa shape index (κ1) is 19.2. The Labute approximate surface area is 149 Å². The van der Waals surface area contributed by atoms with Crippen molar-refractivity contribution in [3.8, 4) is 5.75 Å². The van der Waals surface area contributed by atoms with Gasteiger partial charge < -0.3 is 15.4 Å². The minimum absolute atomic E-state index is 0.0410. The molecule has 2 rings (SSSR count). The van der Waals surface area contributed by atoms with Gasteiger partial charge in [-0.2, -0.15) is 0 Å². The monoisotopic (exact) mass is 347 g/mol. The molecule has 0 saturated carbocycles. The lowest BCUT2D eigenvalue weighted by molar-refractivity contribution is -0.125. The van der Waals surface area contributed by atoms with Gasteiger partial charge in [0, 0.05) is 31.6 Å². The van der Waals surface area contributed by atoms with Crippen molar-refractivity contribution >= 4 is 11.8 Å². The number of rotatable bonds is 6. The summed E-state index contributed by atoms with van der Waals surface area (Å²) in [7, 11) is 1.64. The fraction of sp³-hybridized carbons (Fsp3) is 0.579. The molecule has 1 aliphatic rings. The predicted molar refractivity (Wildman–Crippen MR) is 97.4 cm³/mol. The maximum Gasteiger partial charge on any atom is 0.234 e. The minimum atomic E-state index is -0.455. The highest BCUT2D eigenvalue weighted by atomic mass is 16.5. The Bertz CT molecular complexity index is 608. The summed E-state index contributed by atoms with van der Waals surface area (Å²) < 4.78 is 5.51. The van der Waals surface area contributed by atoms with Crippen LogP contribution in [0.5, 0.6) is 5.75 Å². The van der Waals surface area contributed by atoms with E-state index in [9.17, 15) is 9.59 Å². The number of para-hydroxylation sites is 1. The maximum atomic E-state index is 12.0. The first-order chi connectivity index (χ1) is 11.9. The van der Waals surface area contributed by atoms with Gasteiger partial charge in [0.05, 0.1) is 19.2 Å². The summed E-state index contributed by atoms with van der Waals surface area (Å²) in [5.41, 5.74) is 0.544. The molecular weight excluding hydrogens is 318 g/mol. The van der Waals surface area contributed by atoms with Crippen LogP contribution in [0.4, 0.5) is 0 Å². The number of amides is 2. The molecule has 25 heavy (non-hydrogen) atoms. The molecule has 0 aromatic heterocycles. The highest BCUT2D eigenvalue weighted by Gasteiger charge is 2.39. The van der Waals surface area contributed by atoms with Crippen molar-refractivity contribution in [3.05, 3.63) is 29.8 Å². The van der Waals surface area contributed by atoms with E-state index in [1.807, 2.05) is 38.1 Å². The summed E-state index contributed by atoms with van der Waals surface area (Å²) in [5, 5.41) is 6.07. The third-order valence-electron chi connectivity index (χ3n) is 4.56. The van der Waals surface area contributed by atoms with Crippen LogP contribution in [0, 0.1) is 0 Å². The van der Waals surface area contributed by atoms with Crippen molar-refractivity contribution in [3.63, 3.8) is 0 Å². The van der Waals surface area contributed by atoms with Crippen LogP contribution in [-0.2, 0) is 15.1 Å². The second-order valence-corrected chi connectivity index (χ2v) is 6.96. The normalized spacial score (nSPS) is 17.2. The second-order valence-electron chi connectivity index (χ2n) is 6.96. The van der Waals surface area contributed by atoms with Gasteiger partial charge in [-0.15, -0.1) is 0 Å². The highest BCUT2D eigenvalue weighted by Crippen LogP contribution is 2.38. The number of methoxy groups -OCH3 is 1. The molecule has 138 valence electrons. The van der Waals surface area contributed by atoms with Crippen molar-refractivity contribution in [1.82, 2.24) is 15.5 Å². The SMILES string of the molecule is COc1ccccc1C1(NC(C)=O)CCN(CC(=O)NC(C)C)CC1. The average molecular weight is 347 g/mol. The molecule has 0 spiro atoms. The van der Waals surface area contributed by atoms with E-state index < -0.39 is 5.54 Å². The van der Waals surface area contributed by atoms with Gasteiger partial charge in [0.25, 0.3) is 0 Å². The number of nitrogens with one attached hydrogen (secondary N) is 2. The molecule has 0 bridgehead atoms. The van der Waals surface area contributed by atoms with E-state index in [1.54, 1.807) is 14.0 Å². The number of hydrogen-bond donors (Lipinski definition) is 2. The quantitative estimate of drug-likeness (QED) is 0.821. The standard InChI is InChI=1S/C19H29N3O3/c1-14(2)20-18(24)13-22-11-9-19(10-12-22,21-15(3)23)16-7-5-6-8-17(16)25-4/h5-8,14H,9-13H2,1-4H3,(H,20,24)(H,21,23). The molecule has 2 amide bonds. The minimum Gasteiger partial charge on any atom is -0.496 e. The molecule has 1 fully saturated rings. The van der Waals surface area contributed by atoms with Crippen molar-refractivity contribution in [2.75, 3.05) is 26.7 Å². The van der Waals surface area contributed by atoms with E-state index in [2.05, 4.69) is 15.5 Å². The number of likely N-dealkylation sites (tertiary alicyclic amines) is 1. The summed E-state index contributed by atoms with van der Waals surface area (Å²) in [6, 6.07) is 7.96. The molecule has 6 nitrogen and oxygen atoms in total. The summed E-state index contributed by atoms with van der Waals surface area (Å²) in [6.07, 6.45) is 1.48. The maximum absolute atomic E-state index is 12.0. The van der Waals surface area contributed by atoms with Crippen LogP contribution < -0.4 is 15.4 Å². The molecule has 1 heterocycles. The largest absolute Gasteiger partial charge is 0.496 e. The first-order valence-corrected chi connectivity index (χ1v) is 8.80. The topological polar surface area (TPSA) is 70.7 Å². The number of ether oxygens (including phenoxy) is 1. The molecule has 2 N–H and O–H groups in total. The predicted octanol–water partition coefficient (Wildman–Crippen LogP) is 1.65. The third kappa shape index (κ3) is 4.95. The number of benzene rings is 1. The van der Waals surface area contributed by atoms with Gasteiger partial charge >= 0.3 is 0 Å². The number of piperidine rings is 1. The first-order valence-electron chi connectivity index (χ1n) is 8.80. The van der Waals surface area contributed by atoms with E-state index in [4.69, 9.17) is 4.74 Å². The van der Waals surface area contributed by atoms with Crippen molar-refractivity contribution in [2.45, 2.75) is 45.2 Å². The van der Waals surface area contributed by atoms with Gasteiger partial charge in [-0.3, -0.25) is 14.5 Å². The summed E-state index contributed by atoms with van der Waals surface area (Å²) in [4.78, 5) is 26.0.